The summed E-state index contributed by atoms with van der Waals surface area (Å²) in [7, 11) is 0. The Kier molecular flexibility index (Phi) is 3.75. The van der Waals surface area contributed by atoms with Crippen LogP contribution >= 0.6 is 23.6 Å². The molecule has 0 spiro atoms. The number of thiazole rings is 1. The van der Waals surface area contributed by atoms with Crippen LogP contribution < -0.4 is 0 Å². The third-order valence-electron chi connectivity index (χ3n) is 3.03. The molecule has 3 rings (SSSR count). The maximum Gasteiger partial charge on any atom is 0.195 e. The molecule has 0 amide bonds. The van der Waals surface area contributed by atoms with Crippen molar-refractivity contribution in [2.24, 2.45) is 0 Å². The largest absolute Gasteiger partial charge is 0.293 e. The molecule has 3 aromatic rings. The van der Waals surface area contributed by atoms with Crippen molar-refractivity contribution < 1.29 is 0 Å². The minimum atomic E-state index is 0.622. The highest BCUT2D eigenvalue weighted by Crippen LogP contribution is 2.20. The normalized spacial score (nSPS) is 10.8. The van der Waals surface area contributed by atoms with E-state index in [-0.39, 0.29) is 0 Å². The molecule has 102 valence electrons. The predicted molar refractivity (Wildman–Crippen MR) is 83.4 cm³/mol. The molecule has 0 fully saturated rings. The maximum atomic E-state index is 5.33. The molecule has 0 unspecified atom stereocenters. The summed E-state index contributed by atoms with van der Waals surface area (Å²) in [6, 6.07) is 10.0. The molecule has 0 radical (unpaired) electrons. The van der Waals surface area contributed by atoms with Gasteiger partial charge in [-0.25, -0.2) is 4.98 Å². The number of rotatable bonds is 4. The van der Waals surface area contributed by atoms with E-state index in [1.807, 2.05) is 41.1 Å². The summed E-state index contributed by atoms with van der Waals surface area (Å²) in [5, 5.41) is 8.25. The van der Waals surface area contributed by atoms with Crippen molar-refractivity contribution in [2.45, 2.75) is 19.9 Å². The van der Waals surface area contributed by atoms with E-state index in [0.717, 1.165) is 22.8 Å². The van der Waals surface area contributed by atoms with Crippen molar-refractivity contribution in [3.63, 3.8) is 0 Å². The zero-order chi connectivity index (χ0) is 13.9. The van der Waals surface area contributed by atoms with E-state index < -0.39 is 0 Å². The van der Waals surface area contributed by atoms with Crippen LogP contribution in [0.3, 0.4) is 0 Å². The summed E-state index contributed by atoms with van der Waals surface area (Å²) in [4.78, 5) is 5.74. The summed E-state index contributed by atoms with van der Waals surface area (Å²) in [5.74, 6) is 0.851. The molecule has 2 aromatic heterocycles. The molecule has 4 nitrogen and oxygen atoms in total. The Morgan fingerprint density at radius 2 is 2.10 bits per heavy atom. The third-order valence-corrected chi connectivity index (χ3v) is 4.47. The number of benzene rings is 1. The van der Waals surface area contributed by atoms with Gasteiger partial charge in [-0.05, 0) is 18.6 Å². The van der Waals surface area contributed by atoms with Gasteiger partial charge in [0.05, 0.1) is 6.54 Å². The molecule has 0 atom stereocenters. The SMILES string of the molecule is CCc1cnc(Cn2c(-c3ccccc3)n[nH]c2=S)s1. The van der Waals surface area contributed by atoms with Gasteiger partial charge in [-0.3, -0.25) is 9.67 Å². The quantitative estimate of drug-likeness (QED) is 0.748. The lowest BCUT2D eigenvalue weighted by Gasteiger charge is -2.04. The molecule has 2 heterocycles. The molecule has 0 aliphatic carbocycles. The number of aromatic amines is 1. The lowest BCUT2D eigenvalue weighted by atomic mass is 10.2. The van der Waals surface area contributed by atoms with E-state index in [1.165, 1.54) is 4.88 Å². The molecule has 0 saturated heterocycles. The van der Waals surface area contributed by atoms with Crippen LogP contribution in [0.4, 0.5) is 0 Å². The van der Waals surface area contributed by atoms with Crippen molar-refractivity contribution >= 4 is 23.6 Å². The Labute approximate surface area is 126 Å². The summed E-state index contributed by atoms with van der Waals surface area (Å²) in [6.07, 6.45) is 2.95. The van der Waals surface area contributed by atoms with Crippen LogP contribution in [-0.2, 0) is 13.0 Å². The van der Waals surface area contributed by atoms with E-state index in [0.29, 0.717) is 11.3 Å². The second-order valence-electron chi connectivity index (χ2n) is 4.38. The summed E-state index contributed by atoms with van der Waals surface area (Å²) in [6.45, 7) is 2.79. The van der Waals surface area contributed by atoms with Crippen molar-refractivity contribution in [1.82, 2.24) is 19.7 Å². The summed E-state index contributed by atoms with van der Waals surface area (Å²) < 4.78 is 2.61. The first kappa shape index (κ1) is 13.2. The Balaban J connectivity index is 1.97. The molecule has 20 heavy (non-hydrogen) atoms. The number of nitrogens with one attached hydrogen (secondary N) is 1. The molecule has 6 heteroatoms. The van der Waals surface area contributed by atoms with Gasteiger partial charge in [-0.15, -0.1) is 11.3 Å². The zero-order valence-electron chi connectivity index (χ0n) is 11.0. The maximum absolute atomic E-state index is 5.33. The molecular weight excluding hydrogens is 288 g/mol. The highest BCUT2D eigenvalue weighted by molar-refractivity contribution is 7.71. The lowest BCUT2D eigenvalue weighted by Crippen LogP contribution is -2.02. The fourth-order valence-electron chi connectivity index (χ4n) is 1.99. The lowest BCUT2D eigenvalue weighted by molar-refractivity contribution is 0.784. The van der Waals surface area contributed by atoms with Crippen molar-refractivity contribution in [3.8, 4) is 11.4 Å². The molecule has 0 bridgehead atoms. The number of nitrogens with zero attached hydrogens (tertiary/aromatic N) is 3. The van der Waals surface area contributed by atoms with Crippen LogP contribution in [0, 0.1) is 4.77 Å². The van der Waals surface area contributed by atoms with Crippen molar-refractivity contribution in [1.29, 1.82) is 0 Å². The van der Waals surface area contributed by atoms with Gasteiger partial charge < -0.3 is 0 Å². The smallest absolute Gasteiger partial charge is 0.195 e. The van der Waals surface area contributed by atoms with Gasteiger partial charge >= 0.3 is 0 Å². The van der Waals surface area contributed by atoms with Gasteiger partial charge in [0.1, 0.15) is 5.01 Å². The topological polar surface area (TPSA) is 46.5 Å². The molecule has 0 aliphatic rings. The average molecular weight is 302 g/mol. The van der Waals surface area contributed by atoms with Crippen LogP contribution in [0.25, 0.3) is 11.4 Å². The first-order valence-electron chi connectivity index (χ1n) is 6.42. The Bertz CT molecular complexity index is 755. The molecule has 1 N–H and O–H groups in total. The Hall–Kier alpha value is -1.79. The van der Waals surface area contributed by atoms with E-state index >= 15 is 0 Å². The predicted octanol–water partition coefficient (Wildman–Crippen LogP) is 3.67. The van der Waals surface area contributed by atoms with Crippen LogP contribution in [0.15, 0.2) is 36.5 Å². The van der Waals surface area contributed by atoms with Crippen LogP contribution in [0.1, 0.15) is 16.8 Å². The zero-order valence-corrected chi connectivity index (χ0v) is 12.7. The van der Waals surface area contributed by atoms with Crippen LogP contribution in [0.2, 0.25) is 0 Å². The number of H-pyrrole nitrogens is 1. The van der Waals surface area contributed by atoms with Gasteiger partial charge in [-0.1, -0.05) is 37.3 Å². The third kappa shape index (κ3) is 2.57. The number of aryl methyl sites for hydroxylation is 1. The second kappa shape index (κ2) is 5.68. The van der Waals surface area contributed by atoms with E-state index in [1.54, 1.807) is 11.3 Å². The Morgan fingerprint density at radius 3 is 2.80 bits per heavy atom. The monoisotopic (exact) mass is 302 g/mol. The number of hydrogen-bond donors (Lipinski definition) is 1. The average Bonchev–Trinajstić information content (AvgIpc) is 3.08. The highest BCUT2D eigenvalue weighted by atomic mass is 32.1. The second-order valence-corrected chi connectivity index (χ2v) is 5.96. The first-order valence-corrected chi connectivity index (χ1v) is 7.64. The van der Waals surface area contributed by atoms with Gasteiger partial charge in [0.15, 0.2) is 10.6 Å². The van der Waals surface area contributed by atoms with Gasteiger partial charge in [-0.2, -0.15) is 5.10 Å². The molecule has 0 aliphatic heterocycles. The minimum Gasteiger partial charge on any atom is -0.293 e. The standard InChI is InChI=1S/C14H14N4S2/c1-2-11-8-15-12(20-11)9-18-13(16-17-14(18)19)10-6-4-3-5-7-10/h3-8H,2,9H2,1H3,(H,17,19). The van der Waals surface area contributed by atoms with Crippen LogP contribution in [0.5, 0.6) is 0 Å². The van der Waals surface area contributed by atoms with E-state index in [2.05, 4.69) is 22.1 Å². The molecular formula is C14H14N4S2. The van der Waals surface area contributed by atoms with Crippen molar-refractivity contribution in [2.75, 3.05) is 0 Å². The highest BCUT2D eigenvalue weighted by Gasteiger charge is 2.10. The first-order chi connectivity index (χ1) is 9.78. The number of aromatic nitrogens is 4. The van der Waals surface area contributed by atoms with Crippen LogP contribution in [-0.4, -0.2) is 19.7 Å². The molecule has 1 aromatic carbocycles. The summed E-state index contributed by atoms with van der Waals surface area (Å²) >= 11 is 7.05. The summed E-state index contributed by atoms with van der Waals surface area (Å²) in [5.41, 5.74) is 1.05. The van der Waals surface area contributed by atoms with Gasteiger partial charge in [0.25, 0.3) is 0 Å². The minimum absolute atomic E-state index is 0.622. The Morgan fingerprint density at radius 1 is 1.30 bits per heavy atom. The van der Waals surface area contributed by atoms with E-state index in [9.17, 15) is 0 Å². The van der Waals surface area contributed by atoms with Crippen molar-refractivity contribution in [3.05, 3.63) is 51.2 Å². The molecule has 0 saturated carbocycles. The van der Waals surface area contributed by atoms with Gasteiger partial charge in [0, 0.05) is 16.6 Å². The fraction of sp³-hybridized carbons (Fsp3) is 0.214. The number of hydrogen-bond acceptors (Lipinski definition) is 4. The fourth-order valence-corrected chi connectivity index (χ4v) is 3.04. The van der Waals surface area contributed by atoms with Gasteiger partial charge in [0.2, 0.25) is 0 Å². The van der Waals surface area contributed by atoms with E-state index in [4.69, 9.17) is 12.2 Å².